The zero-order valence-corrected chi connectivity index (χ0v) is 17.1. The highest BCUT2D eigenvalue weighted by Crippen LogP contribution is 2.36. The van der Waals surface area contributed by atoms with Crippen molar-refractivity contribution in [2.24, 2.45) is 0 Å². The highest BCUT2D eigenvalue weighted by Gasteiger charge is 2.21. The van der Waals surface area contributed by atoms with Crippen LogP contribution in [-0.2, 0) is 0 Å². The number of nitrogens with one attached hydrogen (secondary N) is 1. The first kappa shape index (κ1) is 18.5. The molecule has 0 spiro atoms. The molecular formula is C23H19ClN2OS. The minimum atomic E-state index is -0.110. The maximum Gasteiger partial charge on any atom is 0.267 e. The predicted octanol–water partition coefficient (Wildman–Crippen LogP) is 6.73. The average molecular weight is 407 g/mol. The smallest absolute Gasteiger partial charge is 0.267 e. The van der Waals surface area contributed by atoms with Crippen LogP contribution in [0.25, 0.3) is 16.8 Å². The van der Waals surface area contributed by atoms with Crippen LogP contribution >= 0.6 is 22.9 Å². The maximum absolute atomic E-state index is 13.1. The Kier molecular flexibility index (Phi) is 5.07. The minimum absolute atomic E-state index is 0.110. The van der Waals surface area contributed by atoms with Crippen molar-refractivity contribution in [3.63, 3.8) is 0 Å². The lowest BCUT2D eigenvalue weighted by atomic mass is 10.1. The van der Waals surface area contributed by atoms with E-state index in [1.54, 1.807) is 0 Å². The van der Waals surface area contributed by atoms with Gasteiger partial charge in [0, 0.05) is 34.0 Å². The number of hydrogen-bond acceptors (Lipinski definition) is 2. The molecule has 0 saturated carbocycles. The number of halogens is 1. The van der Waals surface area contributed by atoms with E-state index in [-0.39, 0.29) is 5.91 Å². The predicted molar refractivity (Wildman–Crippen MR) is 118 cm³/mol. The zero-order chi connectivity index (χ0) is 19.7. The molecule has 0 saturated heterocycles. The van der Waals surface area contributed by atoms with Crippen LogP contribution in [0.5, 0.6) is 0 Å². The normalized spacial score (nSPS) is 10.8. The second-order valence-electron chi connectivity index (χ2n) is 6.70. The number of rotatable bonds is 4. The lowest BCUT2D eigenvalue weighted by molar-refractivity contribution is 0.103. The summed E-state index contributed by atoms with van der Waals surface area (Å²) in [6.07, 6.45) is 3.91. The highest BCUT2D eigenvalue weighted by molar-refractivity contribution is 7.13. The molecule has 4 rings (SSSR count). The van der Waals surface area contributed by atoms with E-state index in [1.165, 1.54) is 16.9 Å². The monoisotopic (exact) mass is 406 g/mol. The maximum atomic E-state index is 13.1. The molecule has 2 aromatic heterocycles. The van der Waals surface area contributed by atoms with Gasteiger partial charge in [-0.2, -0.15) is 0 Å². The van der Waals surface area contributed by atoms with Gasteiger partial charge in [-0.05, 0) is 55.3 Å². The summed E-state index contributed by atoms with van der Waals surface area (Å²) >= 11 is 7.49. The topological polar surface area (TPSA) is 34.0 Å². The molecule has 0 fully saturated rings. The fourth-order valence-corrected chi connectivity index (χ4v) is 4.31. The molecule has 0 atom stereocenters. The van der Waals surface area contributed by atoms with Crippen molar-refractivity contribution in [3.05, 3.63) is 93.4 Å². The zero-order valence-electron chi connectivity index (χ0n) is 15.6. The molecule has 5 heteroatoms. The molecular weight excluding hydrogens is 388 g/mol. The van der Waals surface area contributed by atoms with Crippen LogP contribution in [0, 0.1) is 13.8 Å². The van der Waals surface area contributed by atoms with Gasteiger partial charge in [-0.3, -0.25) is 4.79 Å². The van der Waals surface area contributed by atoms with Gasteiger partial charge in [0.25, 0.3) is 5.91 Å². The van der Waals surface area contributed by atoms with E-state index in [0.717, 1.165) is 28.1 Å². The first-order valence-corrected chi connectivity index (χ1v) is 10.2. The van der Waals surface area contributed by atoms with Crippen molar-refractivity contribution in [2.45, 2.75) is 13.8 Å². The van der Waals surface area contributed by atoms with Crippen molar-refractivity contribution in [3.8, 4) is 16.8 Å². The van der Waals surface area contributed by atoms with E-state index in [9.17, 15) is 4.79 Å². The average Bonchev–Trinajstić information content (AvgIpc) is 3.33. The fourth-order valence-electron chi connectivity index (χ4n) is 3.22. The molecule has 0 radical (unpaired) electrons. The Hall–Kier alpha value is -2.82. The van der Waals surface area contributed by atoms with Crippen molar-refractivity contribution >= 4 is 34.5 Å². The van der Waals surface area contributed by atoms with E-state index < -0.39 is 0 Å². The lowest BCUT2D eigenvalue weighted by Gasteiger charge is -2.12. The summed E-state index contributed by atoms with van der Waals surface area (Å²) in [5.74, 6) is -0.110. The second-order valence-corrected chi connectivity index (χ2v) is 8.01. The van der Waals surface area contributed by atoms with Crippen LogP contribution in [0.3, 0.4) is 0 Å². The minimum Gasteiger partial charge on any atom is -0.322 e. The van der Waals surface area contributed by atoms with E-state index in [4.69, 9.17) is 11.6 Å². The molecule has 0 aliphatic heterocycles. The fraction of sp³-hybridized carbons (Fsp3) is 0.0870. The molecule has 0 aliphatic carbocycles. The molecule has 3 nitrogen and oxygen atoms in total. The molecule has 0 unspecified atom stereocenters. The Morgan fingerprint density at radius 2 is 1.75 bits per heavy atom. The Labute approximate surface area is 173 Å². The van der Waals surface area contributed by atoms with E-state index in [0.29, 0.717) is 9.90 Å². The van der Waals surface area contributed by atoms with Gasteiger partial charge in [-0.25, -0.2) is 0 Å². The quantitative estimate of drug-likeness (QED) is 0.400. The summed E-state index contributed by atoms with van der Waals surface area (Å²) < 4.78 is 1.98. The molecule has 1 N–H and O–H groups in total. The standard InChI is InChI=1S/C23H19ClN2OS/c1-15-5-10-20(16(2)13-15)25-23(27)22-21(26-11-3-4-12-26)19(14-28-22)17-6-8-18(24)9-7-17/h3-14H,1-2H3,(H,25,27). The summed E-state index contributed by atoms with van der Waals surface area (Å²) in [5, 5.41) is 5.78. The number of thiophene rings is 1. The van der Waals surface area contributed by atoms with Gasteiger partial charge in [0.1, 0.15) is 4.88 Å². The summed E-state index contributed by atoms with van der Waals surface area (Å²) in [6.45, 7) is 4.05. The second kappa shape index (κ2) is 7.66. The number of hydrogen-bond donors (Lipinski definition) is 1. The van der Waals surface area contributed by atoms with Crippen LogP contribution in [0.4, 0.5) is 5.69 Å². The molecule has 28 heavy (non-hydrogen) atoms. The van der Waals surface area contributed by atoms with Crippen LogP contribution in [-0.4, -0.2) is 10.5 Å². The third-order valence-electron chi connectivity index (χ3n) is 4.62. The van der Waals surface area contributed by atoms with Crippen molar-refractivity contribution < 1.29 is 4.79 Å². The third-order valence-corrected chi connectivity index (χ3v) is 5.84. The number of aromatic nitrogens is 1. The van der Waals surface area contributed by atoms with Crippen molar-refractivity contribution in [1.29, 1.82) is 0 Å². The Balaban J connectivity index is 1.76. The van der Waals surface area contributed by atoms with Gasteiger partial charge >= 0.3 is 0 Å². The van der Waals surface area contributed by atoms with Gasteiger partial charge in [0.2, 0.25) is 0 Å². The largest absolute Gasteiger partial charge is 0.322 e. The number of amides is 1. The SMILES string of the molecule is Cc1ccc(NC(=O)c2scc(-c3ccc(Cl)cc3)c2-n2cccc2)c(C)c1. The van der Waals surface area contributed by atoms with Crippen LogP contribution in [0.2, 0.25) is 5.02 Å². The van der Waals surface area contributed by atoms with Crippen molar-refractivity contribution in [2.75, 3.05) is 5.32 Å². The van der Waals surface area contributed by atoms with E-state index in [2.05, 4.69) is 11.4 Å². The van der Waals surface area contributed by atoms with Crippen LogP contribution in [0.15, 0.2) is 72.4 Å². The lowest BCUT2D eigenvalue weighted by Crippen LogP contribution is -2.13. The first-order valence-electron chi connectivity index (χ1n) is 8.92. The molecule has 4 aromatic rings. The molecule has 0 aliphatic rings. The summed E-state index contributed by atoms with van der Waals surface area (Å²) in [6, 6.07) is 17.6. The van der Waals surface area contributed by atoms with Gasteiger partial charge in [-0.15, -0.1) is 11.3 Å². The number of nitrogens with zero attached hydrogens (tertiary/aromatic N) is 1. The first-order chi connectivity index (χ1) is 13.5. The van der Waals surface area contributed by atoms with Gasteiger partial charge in [-0.1, -0.05) is 41.4 Å². The number of carbonyl (C=O) groups is 1. The molecule has 140 valence electrons. The van der Waals surface area contributed by atoms with Crippen LogP contribution < -0.4 is 5.32 Å². The Morgan fingerprint density at radius 3 is 2.43 bits per heavy atom. The molecule has 2 heterocycles. The molecule has 2 aromatic carbocycles. The van der Waals surface area contributed by atoms with Crippen molar-refractivity contribution in [1.82, 2.24) is 4.57 Å². The summed E-state index contributed by atoms with van der Waals surface area (Å²) in [5.41, 5.74) is 5.95. The van der Waals surface area contributed by atoms with Crippen LogP contribution in [0.1, 0.15) is 20.8 Å². The Morgan fingerprint density at radius 1 is 1.04 bits per heavy atom. The number of anilines is 1. The molecule has 0 bridgehead atoms. The Bertz CT molecular complexity index is 1130. The number of aryl methyl sites for hydroxylation is 2. The summed E-state index contributed by atoms with van der Waals surface area (Å²) in [4.78, 5) is 13.8. The number of carbonyl (C=O) groups excluding carboxylic acids is 1. The van der Waals surface area contributed by atoms with Gasteiger partial charge in [0.15, 0.2) is 0 Å². The summed E-state index contributed by atoms with van der Waals surface area (Å²) in [7, 11) is 0. The van der Waals surface area contributed by atoms with E-state index >= 15 is 0 Å². The third kappa shape index (κ3) is 3.61. The van der Waals surface area contributed by atoms with Gasteiger partial charge in [0.05, 0.1) is 5.69 Å². The molecule has 1 amide bonds. The van der Waals surface area contributed by atoms with Gasteiger partial charge < -0.3 is 9.88 Å². The number of benzene rings is 2. The van der Waals surface area contributed by atoms with E-state index in [1.807, 2.05) is 84.7 Å². The highest BCUT2D eigenvalue weighted by atomic mass is 35.5.